The zero-order chi connectivity index (χ0) is 18.8. The number of hydrogen-bond donors (Lipinski definition) is 2. The van der Waals surface area contributed by atoms with Crippen LogP contribution in [0, 0.1) is 5.92 Å². The van der Waals surface area contributed by atoms with Gasteiger partial charge < -0.3 is 15.4 Å². The van der Waals surface area contributed by atoms with Gasteiger partial charge in [-0.15, -0.1) is 23.7 Å². The Balaban J connectivity index is 0.00000225. The molecule has 4 rings (SSSR count). The molecule has 1 aromatic carbocycles. The average Bonchev–Trinajstić information content (AvgIpc) is 3.41. The molecule has 1 fully saturated rings. The van der Waals surface area contributed by atoms with Gasteiger partial charge in [-0.3, -0.25) is 9.48 Å². The molecule has 2 atom stereocenters. The van der Waals surface area contributed by atoms with Crippen LogP contribution in [0.2, 0.25) is 0 Å². The zero-order valence-corrected chi connectivity index (χ0v) is 17.2. The summed E-state index contributed by atoms with van der Waals surface area (Å²) in [5, 5.41) is 13.0. The summed E-state index contributed by atoms with van der Waals surface area (Å²) in [7, 11) is 3.52. The lowest BCUT2D eigenvalue weighted by molar-refractivity contribution is -0.119. The first-order valence-corrected chi connectivity index (χ1v) is 9.62. The Morgan fingerprint density at radius 2 is 2.18 bits per heavy atom. The molecule has 0 bridgehead atoms. The molecule has 1 aliphatic rings. The summed E-state index contributed by atoms with van der Waals surface area (Å²) >= 11 is 1.42. The second kappa shape index (κ2) is 8.72. The number of rotatable bonds is 5. The van der Waals surface area contributed by atoms with Gasteiger partial charge in [-0.05, 0) is 17.7 Å². The number of anilines is 1. The number of methoxy groups -OCH3 is 1. The van der Waals surface area contributed by atoms with Crippen molar-refractivity contribution in [3.63, 3.8) is 0 Å². The highest BCUT2D eigenvalue weighted by molar-refractivity contribution is 7.14. The van der Waals surface area contributed by atoms with E-state index in [1.54, 1.807) is 11.8 Å². The molecule has 0 aliphatic carbocycles. The van der Waals surface area contributed by atoms with Crippen molar-refractivity contribution in [3.8, 4) is 17.0 Å². The number of hydrogen-bond acceptors (Lipinski definition) is 6. The molecule has 1 aliphatic heterocycles. The number of thiazole rings is 1. The van der Waals surface area contributed by atoms with Crippen molar-refractivity contribution in [2.75, 3.05) is 25.5 Å². The lowest BCUT2D eigenvalue weighted by Crippen LogP contribution is -2.28. The topological polar surface area (TPSA) is 81.1 Å². The van der Waals surface area contributed by atoms with Crippen LogP contribution >= 0.6 is 23.7 Å². The van der Waals surface area contributed by atoms with Gasteiger partial charge >= 0.3 is 0 Å². The average molecular weight is 420 g/mol. The Kier molecular flexibility index (Phi) is 6.33. The highest BCUT2D eigenvalue weighted by Crippen LogP contribution is 2.33. The van der Waals surface area contributed by atoms with E-state index in [9.17, 15) is 4.79 Å². The maximum atomic E-state index is 12.8. The van der Waals surface area contributed by atoms with Crippen molar-refractivity contribution in [1.29, 1.82) is 0 Å². The first-order chi connectivity index (χ1) is 13.2. The summed E-state index contributed by atoms with van der Waals surface area (Å²) in [6.07, 6.45) is 3.81. The van der Waals surface area contributed by atoms with Crippen molar-refractivity contribution in [3.05, 3.63) is 47.6 Å². The minimum atomic E-state index is -0.146. The first kappa shape index (κ1) is 20.3. The smallest absolute Gasteiger partial charge is 0.231 e. The third kappa shape index (κ3) is 4.04. The van der Waals surface area contributed by atoms with Gasteiger partial charge in [-0.1, -0.05) is 12.1 Å². The molecule has 28 heavy (non-hydrogen) atoms. The van der Waals surface area contributed by atoms with Crippen molar-refractivity contribution < 1.29 is 9.53 Å². The highest BCUT2D eigenvalue weighted by atomic mass is 35.5. The summed E-state index contributed by atoms with van der Waals surface area (Å²) < 4.78 is 7.16. The quantitative estimate of drug-likeness (QED) is 0.664. The number of nitrogens with one attached hydrogen (secondary N) is 2. The summed E-state index contributed by atoms with van der Waals surface area (Å²) in [5.74, 6) is 0.715. The number of halogens is 1. The number of aryl methyl sites for hydroxylation is 1. The normalized spacial score (nSPS) is 18.5. The number of ether oxygens (including phenoxy) is 1. The first-order valence-electron chi connectivity index (χ1n) is 8.74. The summed E-state index contributed by atoms with van der Waals surface area (Å²) in [6, 6.07) is 7.72. The maximum Gasteiger partial charge on any atom is 0.231 e. The molecule has 148 valence electrons. The predicted octanol–water partition coefficient (Wildman–Crippen LogP) is 2.92. The van der Waals surface area contributed by atoms with E-state index in [-0.39, 0.29) is 30.2 Å². The van der Waals surface area contributed by atoms with E-state index in [1.807, 2.05) is 49.1 Å². The monoisotopic (exact) mass is 419 g/mol. The highest BCUT2D eigenvalue weighted by Gasteiger charge is 2.35. The minimum absolute atomic E-state index is 0. The standard InChI is InChI=1S/C19H21N5O2S.ClH/c1-24-10-12(7-21-24)14-8-20-9-15(14)18(25)23-19-22-16(11-27-19)13-5-3-4-6-17(13)26-2;/h3-7,10-11,14-15,20H,8-9H2,1-2H3,(H,22,23,25);1H/t14-,15+;/m1./s1. The largest absolute Gasteiger partial charge is 0.496 e. The van der Waals surface area contributed by atoms with Gasteiger partial charge in [0.25, 0.3) is 0 Å². The van der Waals surface area contributed by atoms with E-state index in [1.165, 1.54) is 11.3 Å². The van der Waals surface area contributed by atoms with Gasteiger partial charge in [0.1, 0.15) is 5.75 Å². The summed E-state index contributed by atoms with van der Waals surface area (Å²) in [4.78, 5) is 17.4. The molecule has 0 spiro atoms. The van der Waals surface area contributed by atoms with E-state index >= 15 is 0 Å². The summed E-state index contributed by atoms with van der Waals surface area (Å²) in [5.41, 5.74) is 2.78. The van der Waals surface area contributed by atoms with Crippen LogP contribution in [-0.4, -0.2) is 40.9 Å². The predicted molar refractivity (Wildman–Crippen MR) is 112 cm³/mol. The number of nitrogens with zero attached hydrogens (tertiary/aromatic N) is 3. The van der Waals surface area contributed by atoms with Crippen LogP contribution in [0.3, 0.4) is 0 Å². The van der Waals surface area contributed by atoms with Crippen LogP contribution in [0.15, 0.2) is 42.0 Å². The molecular formula is C19H22ClN5O2S. The maximum absolute atomic E-state index is 12.8. The molecular weight excluding hydrogens is 398 g/mol. The van der Waals surface area contributed by atoms with E-state index in [4.69, 9.17) is 4.74 Å². The Labute approximate surface area is 173 Å². The van der Waals surface area contributed by atoms with Crippen molar-refractivity contribution in [2.24, 2.45) is 13.0 Å². The number of para-hydroxylation sites is 1. The van der Waals surface area contributed by atoms with E-state index in [0.29, 0.717) is 11.7 Å². The molecule has 9 heteroatoms. The van der Waals surface area contributed by atoms with Crippen LogP contribution in [0.5, 0.6) is 5.75 Å². The van der Waals surface area contributed by atoms with Crippen molar-refractivity contribution in [2.45, 2.75) is 5.92 Å². The molecule has 0 saturated carbocycles. The van der Waals surface area contributed by atoms with Crippen molar-refractivity contribution in [1.82, 2.24) is 20.1 Å². The molecule has 1 saturated heterocycles. The fraction of sp³-hybridized carbons (Fsp3) is 0.316. The second-order valence-corrected chi connectivity index (χ2v) is 7.40. The van der Waals surface area contributed by atoms with Crippen LogP contribution in [-0.2, 0) is 11.8 Å². The molecule has 0 unspecified atom stereocenters. The molecule has 7 nitrogen and oxygen atoms in total. The van der Waals surface area contributed by atoms with Gasteiger partial charge in [0, 0.05) is 43.2 Å². The number of carbonyl (C=O) groups excluding carboxylic acids is 1. The minimum Gasteiger partial charge on any atom is -0.496 e. The molecule has 3 aromatic rings. The van der Waals surface area contributed by atoms with Crippen LogP contribution in [0.4, 0.5) is 5.13 Å². The Morgan fingerprint density at radius 3 is 2.93 bits per heavy atom. The molecule has 2 aromatic heterocycles. The van der Waals surface area contributed by atoms with Crippen LogP contribution in [0.25, 0.3) is 11.3 Å². The molecule has 0 radical (unpaired) electrons. The molecule has 1 amide bonds. The van der Waals surface area contributed by atoms with Crippen LogP contribution < -0.4 is 15.4 Å². The molecule has 3 heterocycles. The number of aromatic nitrogens is 3. The SMILES string of the molecule is COc1ccccc1-c1csc(NC(=O)[C@H]2CNC[C@@H]2c2cnn(C)c2)n1.Cl. The van der Waals surface area contributed by atoms with Gasteiger partial charge in [0.05, 0.1) is 24.9 Å². The van der Waals surface area contributed by atoms with E-state index < -0.39 is 0 Å². The summed E-state index contributed by atoms with van der Waals surface area (Å²) in [6.45, 7) is 1.42. The van der Waals surface area contributed by atoms with Crippen LogP contribution in [0.1, 0.15) is 11.5 Å². The Bertz CT molecular complexity index is 957. The van der Waals surface area contributed by atoms with E-state index in [2.05, 4.69) is 20.7 Å². The van der Waals surface area contributed by atoms with Gasteiger partial charge in [0.15, 0.2) is 5.13 Å². The number of amides is 1. The third-order valence-corrected chi connectivity index (χ3v) is 5.58. The Hall–Kier alpha value is -2.42. The Morgan fingerprint density at radius 1 is 1.36 bits per heavy atom. The molecule has 2 N–H and O–H groups in total. The van der Waals surface area contributed by atoms with Gasteiger partial charge in [-0.2, -0.15) is 5.10 Å². The van der Waals surface area contributed by atoms with Gasteiger partial charge in [0.2, 0.25) is 5.91 Å². The van der Waals surface area contributed by atoms with E-state index in [0.717, 1.165) is 29.1 Å². The number of carbonyl (C=O) groups is 1. The van der Waals surface area contributed by atoms with Gasteiger partial charge in [-0.25, -0.2) is 4.98 Å². The fourth-order valence-electron chi connectivity index (χ4n) is 3.45. The lowest BCUT2D eigenvalue weighted by Gasteiger charge is -2.15. The number of benzene rings is 1. The van der Waals surface area contributed by atoms with Crippen molar-refractivity contribution >= 4 is 34.8 Å². The third-order valence-electron chi connectivity index (χ3n) is 4.82. The second-order valence-electron chi connectivity index (χ2n) is 6.55. The fourth-order valence-corrected chi connectivity index (χ4v) is 4.16. The zero-order valence-electron chi connectivity index (χ0n) is 15.6. The lowest BCUT2D eigenvalue weighted by atomic mass is 9.90.